The van der Waals surface area contributed by atoms with Crippen molar-refractivity contribution >= 4 is 15.9 Å². The van der Waals surface area contributed by atoms with Crippen molar-refractivity contribution < 1.29 is 4.39 Å². The highest BCUT2D eigenvalue weighted by Crippen LogP contribution is 2.08. The molecule has 0 saturated heterocycles. The molecule has 0 saturated carbocycles. The number of benzene rings is 1. The number of hydrogen-bond acceptors (Lipinski definition) is 2. The van der Waals surface area contributed by atoms with E-state index in [0.29, 0.717) is 17.4 Å². The molecular weight excluding hydrogens is 261 g/mol. The molecule has 0 aliphatic rings. The minimum Gasteiger partial charge on any atom is -0.248 e. The summed E-state index contributed by atoms with van der Waals surface area (Å²) in [6.07, 6.45) is 1.79. The van der Waals surface area contributed by atoms with Gasteiger partial charge >= 0.3 is 0 Å². The second kappa shape index (κ2) is 4.53. The van der Waals surface area contributed by atoms with Crippen LogP contribution in [-0.4, -0.2) is 15.0 Å². The summed E-state index contributed by atoms with van der Waals surface area (Å²) in [6, 6.07) is 6.66. The average molecular weight is 270 g/mol. The molecule has 3 nitrogen and oxygen atoms in total. The van der Waals surface area contributed by atoms with Crippen molar-refractivity contribution in [3.63, 3.8) is 0 Å². The normalized spacial score (nSPS) is 10.5. The highest BCUT2D eigenvalue weighted by atomic mass is 79.9. The van der Waals surface area contributed by atoms with E-state index in [0.717, 1.165) is 5.69 Å². The molecule has 15 heavy (non-hydrogen) atoms. The van der Waals surface area contributed by atoms with Gasteiger partial charge in [0.1, 0.15) is 5.82 Å². The third-order valence-corrected chi connectivity index (χ3v) is 2.59. The standard InChI is InChI=1S/C10H9BrFN3/c11-5-9-7-15(14-13-9)6-8-3-1-2-4-10(8)12/h1-4,7H,5-6H2. The maximum absolute atomic E-state index is 13.3. The van der Waals surface area contributed by atoms with E-state index in [2.05, 4.69) is 26.2 Å². The van der Waals surface area contributed by atoms with Crippen LogP contribution in [-0.2, 0) is 11.9 Å². The fourth-order valence-corrected chi connectivity index (χ4v) is 1.54. The van der Waals surface area contributed by atoms with Gasteiger partial charge in [-0.25, -0.2) is 9.07 Å². The Labute approximate surface area is 95.0 Å². The van der Waals surface area contributed by atoms with Gasteiger partial charge < -0.3 is 0 Å². The van der Waals surface area contributed by atoms with Crippen LogP contribution in [0.5, 0.6) is 0 Å². The van der Waals surface area contributed by atoms with E-state index in [-0.39, 0.29) is 5.82 Å². The summed E-state index contributed by atoms with van der Waals surface area (Å²) >= 11 is 3.28. The molecule has 1 aromatic heterocycles. The fraction of sp³-hybridized carbons (Fsp3) is 0.200. The zero-order chi connectivity index (χ0) is 10.7. The minimum absolute atomic E-state index is 0.214. The molecule has 0 spiro atoms. The lowest BCUT2D eigenvalue weighted by Crippen LogP contribution is -2.02. The van der Waals surface area contributed by atoms with E-state index in [1.54, 1.807) is 29.1 Å². The fourth-order valence-electron chi connectivity index (χ4n) is 1.28. The van der Waals surface area contributed by atoms with Crippen LogP contribution < -0.4 is 0 Å². The second-order valence-electron chi connectivity index (χ2n) is 3.13. The molecule has 1 aromatic carbocycles. The number of rotatable bonds is 3. The van der Waals surface area contributed by atoms with Crippen molar-refractivity contribution in [1.82, 2.24) is 15.0 Å². The number of halogens is 2. The largest absolute Gasteiger partial charge is 0.248 e. The van der Waals surface area contributed by atoms with Crippen LogP contribution in [0, 0.1) is 5.82 Å². The lowest BCUT2D eigenvalue weighted by molar-refractivity contribution is 0.577. The molecule has 0 N–H and O–H groups in total. The van der Waals surface area contributed by atoms with E-state index < -0.39 is 0 Å². The Hall–Kier alpha value is -1.23. The third-order valence-electron chi connectivity index (χ3n) is 2.01. The summed E-state index contributed by atoms with van der Waals surface area (Å²) in [5, 5.41) is 8.45. The number of alkyl halides is 1. The van der Waals surface area contributed by atoms with E-state index >= 15 is 0 Å². The summed E-state index contributed by atoms with van der Waals surface area (Å²) in [6.45, 7) is 0.409. The third kappa shape index (κ3) is 2.41. The van der Waals surface area contributed by atoms with E-state index in [9.17, 15) is 4.39 Å². The first-order valence-corrected chi connectivity index (χ1v) is 5.60. The Kier molecular flexibility index (Phi) is 3.11. The van der Waals surface area contributed by atoms with Crippen LogP contribution in [0.4, 0.5) is 4.39 Å². The molecule has 78 valence electrons. The van der Waals surface area contributed by atoms with Crippen molar-refractivity contribution in [1.29, 1.82) is 0 Å². The van der Waals surface area contributed by atoms with Gasteiger partial charge in [0, 0.05) is 17.1 Å². The summed E-state index contributed by atoms with van der Waals surface area (Å²) in [5.74, 6) is -0.214. The van der Waals surface area contributed by atoms with E-state index in [1.165, 1.54) is 6.07 Å². The lowest BCUT2D eigenvalue weighted by Gasteiger charge is -2.01. The van der Waals surface area contributed by atoms with Gasteiger partial charge in [0.15, 0.2) is 0 Å². The second-order valence-corrected chi connectivity index (χ2v) is 3.69. The summed E-state index contributed by atoms with van der Waals surface area (Å²) < 4.78 is 14.9. The first-order chi connectivity index (χ1) is 7.29. The van der Waals surface area contributed by atoms with Crippen molar-refractivity contribution in [3.05, 3.63) is 47.5 Å². The van der Waals surface area contributed by atoms with Gasteiger partial charge in [-0.15, -0.1) is 5.10 Å². The van der Waals surface area contributed by atoms with Crippen LogP contribution in [0.3, 0.4) is 0 Å². The van der Waals surface area contributed by atoms with Gasteiger partial charge in [0.25, 0.3) is 0 Å². The van der Waals surface area contributed by atoms with Crippen molar-refractivity contribution in [3.8, 4) is 0 Å². The number of aromatic nitrogens is 3. The van der Waals surface area contributed by atoms with Crippen molar-refractivity contribution in [2.75, 3.05) is 0 Å². The highest BCUT2D eigenvalue weighted by Gasteiger charge is 2.03. The first kappa shape index (κ1) is 10.3. The first-order valence-electron chi connectivity index (χ1n) is 4.48. The lowest BCUT2D eigenvalue weighted by atomic mass is 10.2. The minimum atomic E-state index is -0.214. The topological polar surface area (TPSA) is 30.7 Å². The van der Waals surface area contributed by atoms with E-state index in [1.807, 2.05) is 0 Å². The molecule has 0 radical (unpaired) electrons. The van der Waals surface area contributed by atoms with Gasteiger partial charge in [-0.05, 0) is 6.07 Å². The van der Waals surface area contributed by atoms with Gasteiger partial charge in [-0.2, -0.15) is 0 Å². The quantitative estimate of drug-likeness (QED) is 0.801. The Morgan fingerprint density at radius 2 is 2.13 bits per heavy atom. The molecule has 0 bridgehead atoms. The van der Waals surface area contributed by atoms with Crippen LogP contribution in [0.1, 0.15) is 11.3 Å². The van der Waals surface area contributed by atoms with Crippen LogP contribution in [0.15, 0.2) is 30.5 Å². The summed E-state index contributed by atoms with van der Waals surface area (Å²) in [4.78, 5) is 0. The molecule has 2 aromatic rings. The molecular formula is C10H9BrFN3. The Morgan fingerprint density at radius 1 is 1.33 bits per heavy atom. The Morgan fingerprint density at radius 3 is 2.80 bits per heavy atom. The molecule has 2 rings (SSSR count). The molecule has 5 heteroatoms. The summed E-state index contributed by atoms with van der Waals surface area (Å²) in [5.41, 5.74) is 1.45. The van der Waals surface area contributed by atoms with Crippen LogP contribution >= 0.6 is 15.9 Å². The molecule has 0 amide bonds. The molecule has 0 aliphatic carbocycles. The maximum atomic E-state index is 13.3. The van der Waals surface area contributed by atoms with Gasteiger partial charge in [0.05, 0.1) is 12.2 Å². The average Bonchev–Trinajstić information content (AvgIpc) is 2.69. The van der Waals surface area contributed by atoms with Gasteiger partial charge in [-0.3, -0.25) is 0 Å². The van der Waals surface area contributed by atoms with Crippen LogP contribution in [0.25, 0.3) is 0 Å². The van der Waals surface area contributed by atoms with Crippen LogP contribution in [0.2, 0.25) is 0 Å². The van der Waals surface area contributed by atoms with Crippen molar-refractivity contribution in [2.45, 2.75) is 11.9 Å². The molecule has 1 heterocycles. The number of nitrogens with zero attached hydrogens (tertiary/aromatic N) is 3. The zero-order valence-electron chi connectivity index (χ0n) is 7.90. The predicted molar refractivity (Wildman–Crippen MR) is 58.2 cm³/mol. The molecule has 0 fully saturated rings. The van der Waals surface area contributed by atoms with Gasteiger partial charge in [0.2, 0.25) is 0 Å². The zero-order valence-corrected chi connectivity index (χ0v) is 9.48. The Bertz CT molecular complexity index is 455. The van der Waals surface area contributed by atoms with E-state index in [4.69, 9.17) is 0 Å². The molecule has 0 aliphatic heterocycles. The smallest absolute Gasteiger partial charge is 0.128 e. The van der Waals surface area contributed by atoms with Crippen molar-refractivity contribution in [2.24, 2.45) is 0 Å². The Balaban J connectivity index is 2.18. The highest BCUT2D eigenvalue weighted by molar-refractivity contribution is 9.08. The molecule has 0 atom stereocenters. The SMILES string of the molecule is Fc1ccccc1Cn1cc(CBr)nn1. The summed E-state index contributed by atoms with van der Waals surface area (Å²) in [7, 11) is 0. The maximum Gasteiger partial charge on any atom is 0.128 e. The predicted octanol–water partition coefficient (Wildman–Crippen LogP) is 2.36. The molecule has 0 unspecified atom stereocenters. The monoisotopic (exact) mass is 269 g/mol. The van der Waals surface area contributed by atoms with Gasteiger partial charge in [-0.1, -0.05) is 39.3 Å². The number of hydrogen-bond donors (Lipinski definition) is 0.